The minimum absolute atomic E-state index is 0.102. The van der Waals surface area contributed by atoms with Crippen LogP contribution in [0, 0.1) is 5.82 Å². The lowest BCUT2D eigenvalue weighted by Crippen LogP contribution is -2.19. The summed E-state index contributed by atoms with van der Waals surface area (Å²) in [4.78, 5) is 10.9. The van der Waals surface area contributed by atoms with Crippen molar-refractivity contribution in [3.8, 4) is 11.5 Å². The first-order valence-electron chi connectivity index (χ1n) is 5.00. The fourth-order valence-corrected chi connectivity index (χ4v) is 1.69. The van der Waals surface area contributed by atoms with Crippen molar-refractivity contribution in [3.63, 3.8) is 0 Å². The predicted molar refractivity (Wildman–Crippen MR) is 56.7 cm³/mol. The number of hydrogen-bond donors (Lipinski definition) is 1. The molecule has 0 saturated carbocycles. The third-order valence-corrected chi connectivity index (χ3v) is 2.55. The zero-order valence-corrected chi connectivity index (χ0v) is 9.45. The first-order chi connectivity index (χ1) is 8.15. The summed E-state index contributed by atoms with van der Waals surface area (Å²) in [6, 6.07) is 2.22. The van der Waals surface area contributed by atoms with Crippen LogP contribution in [-0.2, 0) is 4.74 Å². The topological polar surface area (TPSA) is 56.8 Å². The molecule has 1 amide bonds. The average Bonchev–Trinajstić information content (AvgIpc) is 2.75. The Morgan fingerprint density at radius 2 is 2.00 bits per heavy atom. The number of ether oxygens (including phenoxy) is 3. The first kappa shape index (κ1) is 11.5. The lowest BCUT2D eigenvalue weighted by atomic mass is 10.1. The van der Waals surface area contributed by atoms with E-state index in [2.05, 4.69) is 5.32 Å². The van der Waals surface area contributed by atoms with Crippen LogP contribution in [0.15, 0.2) is 12.1 Å². The van der Waals surface area contributed by atoms with E-state index >= 15 is 0 Å². The molecule has 1 aliphatic rings. The van der Waals surface area contributed by atoms with Gasteiger partial charge in [-0.15, -0.1) is 0 Å². The van der Waals surface area contributed by atoms with Crippen LogP contribution in [0.4, 0.5) is 9.18 Å². The van der Waals surface area contributed by atoms with E-state index in [0.29, 0.717) is 17.1 Å². The van der Waals surface area contributed by atoms with Gasteiger partial charge in [-0.2, -0.15) is 0 Å². The molecule has 92 valence electrons. The van der Waals surface area contributed by atoms with Crippen LogP contribution in [0.1, 0.15) is 11.6 Å². The first-order valence-corrected chi connectivity index (χ1v) is 5.00. The van der Waals surface area contributed by atoms with E-state index < -0.39 is 18.0 Å². The van der Waals surface area contributed by atoms with Crippen LogP contribution in [0.3, 0.4) is 0 Å². The minimum Gasteiger partial charge on any atom is -0.493 e. The molecule has 6 heteroatoms. The van der Waals surface area contributed by atoms with E-state index in [0.717, 1.165) is 0 Å². The van der Waals surface area contributed by atoms with Gasteiger partial charge in [-0.1, -0.05) is 0 Å². The summed E-state index contributed by atoms with van der Waals surface area (Å²) >= 11 is 0. The molecule has 1 saturated heterocycles. The van der Waals surface area contributed by atoms with Gasteiger partial charge in [0.1, 0.15) is 12.4 Å². The quantitative estimate of drug-likeness (QED) is 0.873. The molecule has 0 radical (unpaired) electrons. The number of nitrogens with one attached hydrogen (secondary N) is 1. The smallest absolute Gasteiger partial charge is 0.407 e. The van der Waals surface area contributed by atoms with Crippen LogP contribution in [0.2, 0.25) is 0 Å². The Morgan fingerprint density at radius 3 is 2.53 bits per heavy atom. The number of halogens is 1. The van der Waals surface area contributed by atoms with Crippen molar-refractivity contribution in [2.75, 3.05) is 20.8 Å². The highest BCUT2D eigenvalue weighted by molar-refractivity contribution is 5.70. The summed E-state index contributed by atoms with van der Waals surface area (Å²) in [6.07, 6.45) is -0.552. The molecular weight excluding hydrogens is 229 g/mol. The molecule has 0 aromatic heterocycles. The van der Waals surface area contributed by atoms with Gasteiger partial charge in [0.25, 0.3) is 0 Å². The fraction of sp³-hybridized carbons (Fsp3) is 0.364. The maximum absolute atomic E-state index is 13.8. The Morgan fingerprint density at radius 1 is 1.35 bits per heavy atom. The maximum atomic E-state index is 13.8. The van der Waals surface area contributed by atoms with Crippen molar-refractivity contribution in [2.24, 2.45) is 0 Å². The molecule has 0 spiro atoms. The molecular formula is C11H12FNO4. The summed E-state index contributed by atoms with van der Waals surface area (Å²) in [7, 11) is 2.89. The van der Waals surface area contributed by atoms with E-state index in [4.69, 9.17) is 14.2 Å². The molecule has 5 nitrogen and oxygen atoms in total. The van der Waals surface area contributed by atoms with E-state index in [1.165, 1.54) is 26.4 Å². The Hall–Kier alpha value is -1.98. The molecule has 0 unspecified atom stereocenters. The number of methoxy groups -OCH3 is 2. The maximum Gasteiger partial charge on any atom is 0.407 e. The van der Waals surface area contributed by atoms with Crippen LogP contribution in [-0.4, -0.2) is 26.9 Å². The van der Waals surface area contributed by atoms with Crippen molar-refractivity contribution in [1.82, 2.24) is 5.32 Å². The predicted octanol–water partition coefficient (Wildman–Crippen LogP) is 1.62. The highest BCUT2D eigenvalue weighted by atomic mass is 19.1. The third-order valence-electron chi connectivity index (χ3n) is 2.55. The molecule has 0 aliphatic carbocycles. The molecule has 1 N–H and O–H groups in total. The van der Waals surface area contributed by atoms with Gasteiger partial charge in [0.15, 0.2) is 11.5 Å². The normalized spacial score (nSPS) is 18.5. The molecule has 1 fully saturated rings. The summed E-state index contributed by atoms with van der Waals surface area (Å²) in [5.74, 6) is 0.238. The second kappa shape index (κ2) is 4.48. The van der Waals surface area contributed by atoms with E-state index in [1.54, 1.807) is 0 Å². The Balaban J connectivity index is 2.37. The number of rotatable bonds is 3. The lowest BCUT2D eigenvalue weighted by Gasteiger charge is -2.13. The average molecular weight is 241 g/mol. The number of carbonyl (C=O) groups is 1. The largest absolute Gasteiger partial charge is 0.493 e. The zero-order valence-electron chi connectivity index (χ0n) is 9.45. The van der Waals surface area contributed by atoms with E-state index in [9.17, 15) is 9.18 Å². The van der Waals surface area contributed by atoms with Crippen LogP contribution >= 0.6 is 0 Å². The monoisotopic (exact) mass is 241 g/mol. The van der Waals surface area contributed by atoms with Crippen LogP contribution in [0.25, 0.3) is 0 Å². The second-order valence-electron chi connectivity index (χ2n) is 3.52. The van der Waals surface area contributed by atoms with Crippen molar-refractivity contribution in [1.29, 1.82) is 0 Å². The molecule has 17 heavy (non-hydrogen) atoms. The molecule has 1 heterocycles. The summed E-state index contributed by atoms with van der Waals surface area (Å²) in [6.45, 7) is 0.102. The fourth-order valence-electron chi connectivity index (χ4n) is 1.69. The van der Waals surface area contributed by atoms with Gasteiger partial charge >= 0.3 is 6.09 Å². The number of carbonyl (C=O) groups excluding carboxylic acids is 1. The SMILES string of the molecule is COc1cc(F)c([C@@H]2COC(=O)N2)cc1OC. The van der Waals surface area contributed by atoms with Gasteiger partial charge in [0, 0.05) is 11.6 Å². The molecule has 1 aromatic carbocycles. The second-order valence-corrected chi connectivity index (χ2v) is 3.52. The van der Waals surface area contributed by atoms with Gasteiger partial charge in [-0.3, -0.25) is 0 Å². The number of cyclic esters (lactones) is 1. The summed E-state index contributed by atoms with van der Waals surface area (Å²) < 4.78 is 28.6. The van der Waals surface area contributed by atoms with Gasteiger partial charge in [0.2, 0.25) is 0 Å². The van der Waals surface area contributed by atoms with Crippen molar-refractivity contribution in [3.05, 3.63) is 23.5 Å². The van der Waals surface area contributed by atoms with Crippen LogP contribution < -0.4 is 14.8 Å². The number of hydrogen-bond acceptors (Lipinski definition) is 4. The molecule has 0 bridgehead atoms. The Bertz CT molecular complexity index is 449. The van der Waals surface area contributed by atoms with E-state index in [1.807, 2.05) is 0 Å². The van der Waals surface area contributed by atoms with Crippen molar-refractivity contribution < 1.29 is 23.4 Å². The van der Waals surface area contributed by atoms with Crippen LogP contribution in [0.5, 0.6) is 11.5 Å². The van der Waals surface area contributed by atoms with Gasteiger partial charge in [0.05, 0.1) is 20.3 Å². The summed E-state index contributed by atoms with van der Waals surface area (Å²) in [5.41, 5.74) is 0.313. The highest BCUT2D eigenvalue weighted by Gasteiger charge is 2.27. The summed E-state index contributed by atoms with van der Waals surface area (Å²) in [5, 5.41) is 2.50. The Labute approximate surface area is 97.5 Å². The third kappa shape index (κ3) is 2.11. The molecule has 1 aliphatic heterocycles. The standard InChI is InChI=1S/C11H12FNO4/c1-15-9-3-6(7(12)4-10(9)16-2)8-5-17-11(14)13-8/h3-4,8H,5H2,1-2H3,(H,13,14)/t8-/m0/s1. The van der Waals surface area contributed by atoms with Gasteiger partial charge in [-0.25, -0.2) is 9.18 Å². The lowest BCUT2D eigenvalue weighted by molar-refractivity contribution is 0.176. The van der Waals surface area contributed by atoms with E-state index in [-0.39, 0.29) is 6.61 Å². The number of benzene rings is 1. The highest BCUT2D eigenvalue weighted by Crippen LogP contribution is 2.33. The number of alkyl carbamates (subject to hydrolysis) is 1. The van der Waals surface area contributed by atoms with Crippen molar-refractivity contribution in [2.45, 2.75) is 6.04 Å². The number of amides is 1. The minimum atomic E-state index is -0.552. The Kier molecular flexibility index (Phi) is 3.03. The molecule has 2 rings (SSSR count). The van der Waals surface area contributed by atoms with Gasteiger partial charge < -0.3 is 19.5 Å². The van der Waals surface area contributed by atoms with Gasteiger partial charge in [-0.05, 0) is 6.07 Å². The molecule has 1 aromatic rings. The zero-order chi connectivity index (χ0) is 12.4. The van der Waals surface area contributed by atoms with Crippen molar-refractivity contribution >= 4 is 6.09 Å². The molecule has 1 atom stereocenters.